The Morgan fingerprint density at radius 1 is 0.976 bits per heavy atom. The summed E-state index contributed by atoms with van der Waals surface area (Å²) in [5.41, 5.74) is 4.60. The molecule has 1 atom stereocenters. The minimum absolute atomic E-state index is 0.0309. The lowest BCUT2D eigenvalue weighted by molar-refractivity contribution is 0.0953. The summed E-state index contributed by atoms with van der Waals surface area (Å²) in [4.78, 5) is 30.8. The second-order valence-electron chi connectivity index (χ2n) is 11.2. The van der Waals surface area contributed by atoms with Gasteiger partial charge in [0.1, 0.15) is 17.2 Å². The number of aromatic nitrogens is 2. The van der Waals surface area contributed by atoms with Crippen molar-refractivity contribution in [3.8, 4) is 22.5 Å². The topological polar surface area (TPSA) is 86.2 Å². The maximum absolute atomic E-state index is 13.7. The van der Waals surface area contributed by atoms with Crippen LogP contribution in [0.1, 0.15) is 91.9 Å². The minimum atomic E-state index is -0.593. The van der Waals surface area contributed by atoms with Crippen LogP contribution in [0.4, 0.5) is 4.39 Å². The van der Waals surface area contributed by atoms with Gasteiger partial charge in [0.15, 0.2) is 17.4 Å². The van der Waals surface area contributed by atoms with Gasteiger partial charge < -0.3 is 8.94 Å². The molecule has 0 aliphatic heterocycles. The second kappa shape index (κ2) is 11.2. The van der Waals surface area contributed by atoms with Crippen molar-refractivity contribution in [2.24, 2.45) is 0 Å². The molecule has 41 heavy (non-hydrogen) atoms. The molecule has 1 unspecified atom stereocenters. The first kappa shape index (κ1) is 28.1. The van der Waals surface area contributed by atoms with Crippen molar-refractivity contribution in [2.45, 2.75) is 65.2 Å². The van der Waals surface area contributed by atoms with Crippen molar-refractivity contribution in [1.29, 1.82) is 0 Å². The third kappa shape index (κ3) is 5.49. The van der Waals surface area contributed by atoms with E-state index in [1.165, 1.54) is 18.5 Å². The van der Waals surface area contributed by atoms with Gasteiger partial charge in [-0.3, -0.25) is 9.59 Å². The smallest absolute Gasteiger partial charge is 0.213 e. The fourth-order valence-corrected chi connectivity index (χ4v) is 5.21. The Hall–Kier alpha value is -4.39. The number of carbonyl (C=O) groups excluding carboxylic acids is 2. The van der Waals surface area contributed by atoms with Gasteiger partial charge in [-0.15, -0.1) is 0 Å². The highest BCUT2D eigenvalue weighted by Crippen LogP contribution is 2.41. The number of hydrogen-bond acceptors (Lipinski definition) is 6. The summed E-state index contributed by atoms with van der Waals surface area (Å²) in [5, 5.41) is 4.64. The maximum atomic E-state index is 13.7. The number of carbonyl (C=O) groups is 2. The number of Topliss-reactive ketones (excluding diaryl/α,β-unsaturated/α-hetero) is 2. The summed E-state index contributed by atoms with van der Waals surface area (Å²) >= 11 is 0. The fourth-order valence-electron chi connectivity index (χ4n) is 5.21. The molecular weight excluding hydrogens is 519 g/mol. The van der Waals surface area contributed by atoms with Crippen molar-refractivity contribution in [3.63, 3.8) is 0 Å². The lowest BCUT2D eigenvalue weighted by Crippen LogP contribution is -2.23. The zero-order chi connectivity index (χ0) is 29.3. The van der Waals surface area contributed by atoms with E-state index in [1.54, 1.807) is 12.1 Å². The van der Waals surface area contributed by atoms with Crippen molar-refractivity contribution < 1.29 is 22.9 Å². The van der Waals surface area contributed by atoms with Crippen molar-refractivity contribution >= 4 is 22.5 Å². The molecule has 0 aliphatic carbocycles. The molecule has 0 N–H and O–H groups in total. The molecule has 0 aliphatic rings. The number of nitrogens with zero attached hydrogens (tertiary/aromatic N) is 2. The van der Waals surface area contributed by atoms with Gasteiger partial charge in [-0.1, -0.05) is 58.0 Å². The molecule has 5 aromatic rings. The lowest BCUT2D eigenvalue weighted by atomic mass is 9.83. The van der Waals surface area contributed by atoms with E-state index in [-0.39, 0.29) is 29.7 Å². The molecule has 7 heteroatoms. The largest absolute Gasteiger partial charge is 0.455 e. The van der Waals surface area contributed by atoms with E-state index >= 15 is 0 Å². The third-order valence-corrected chi connectivity index (χ3v) is 7.77. The quantitative estimate of drug-likeness (QED) is 0.161. The number of rotatable bonds is 10. The summed E-state index contributed by atoms with van der Waals surface area (Å²) in [7, 11) is 0. The molecule has 2 aromatic heterocycles. The van der Waals surface area contributed by atoms with Crippen molar-refractivity contribution in [3.05, 3.63) is 95.4 Å². The number of furan rings is 1. The monoisotopic (exact) mass is 552 g/mol. The summed E-state index contributed by atoms with van der Waals surface area (Å²) in [6, 6.07) is 17.6. The van der Waals surface area contributed by atoms with Gasteiger partial charge in [-0.2, -0.15) is 4.98 Å². The molecule has 0 bridgehead atoms. The van der Waals surface area contributed by atoms with Gasteiger partial charge in [0, 0.05) is 34.8 Å². The van der Waals surface area contributed by atoms with Crippen LogP contribution in [0.2, 0.25) is 0 Å². The molecule has 210 valence electrons. The van der Waals surface area contributed by atoms with E-state index in [1.807, 2.05) is 57.2 Å². The summed E-state index contributed by atoms with van der Waals surface area (Å²) < 4.78 is 24.9. The molecule has 2 heterocycles. The van der Waals surface area contributed by atoms with Crippen molar-refractivity contribution in [1.82, 2.24) is 10.1 Å². The van der Waals surface area contributed by atoms with Gasteiger partial charge in [0.25, 0.3) is 0 Å². The lowest BCUT2D eigenvalue weighted by Gasteiger charge is -2.20. The number of fused-ring (bicyclic) bond motifs is 1. The Kier molecular flexibility index (Phi) is 7.72. The van der Waals surface area contributed by atoms with Crippen molar-refractivity contribution in [2.75, 3.05) is 0 Å². The molecule has 0 fully saturated rings. The molecular formula is C34H33FN2O4. The van der Waals surface area contributed by atoms with E-state index in [0.717, 1.165) is 23.1 Å². The van der Waals surface area contributed by atoms with E-state index in [4.69, 9.17) is 8.94 Å². The number of benzene rings is 3. The van der Waals surface area contributed by atoms with Gasteiger partial charge >= 0.3 is 0 Å². The van der Waals surface area contributed by atoms with Gasteiger partial charge in [0.05, 0.1) is 5.56 Å². The number of hydrogen-bond donors (Lipinski definition) is 0. The van der Waals surface area contributed by atoms with Crippen LogP contribution in [0.25, 0.3) is 33.4 Å². The zero-order valence-electron chi connectivity index (χ0n) is 24.0. The SMILES string of the molecule is CCC(=O)c1c(-c2ccc(F)cc2)oc2cc(C(C)CC)c(-c3cccc(C(=O)CC(C)(C)c4ncon4)c3)cc12. The van der Waals surface area contributed by atoms with Gasteiger partial charge in [0.2, 0.25) is 6.39 Å². The molecule has 3 aromatic carbocycles. The number of ketones is 2. The first-order chi connectivity index (χ1) is 19.6. The zero-order valence-corrected chi connectivity index (χ0v) is 24.0. The Morgan fingerprint density at radius 3 is 2.39 bits per heavy atom. The standard InChI is InChI=1S/C34H33FN2O4/c1-6-20(3)25-17-30-27(31(28(38)7-2)32(41-30)21-11-13-24(35)14-12-21)16-26(25)22-9-8-10-23(15-22)29(39)18-34(4,5)33-36-19-40-37-33/h8-17,19-20H,6-7,18H2,1-5H3. The third-order valence-electron chi connectivity index (χ3n) is 7.77. The highest BCUT2D eigenvalue weighted by Gasteiger charge is 2.29. The fraction of sp³-hybridized carbons (Fsp3) is 0.294. The summed E-state index contributed by atoms with van der Waals surface area (Å²) in [6.45, 7) is 9.91. The summed E-state index contributed by atoms with van der Waals surface area (Å²) in [5.74, 6) is 0.665. The molecule has 0 amide bonds. The molecule has 0 spiro atoms. The average molecular weight is 553 g/mol. The Labute approximate surface area is 238 Å². The van der Waals surface area contributed by atoms with Crippen LogP contribution in [0.15, 0.2) is 76.0 Å². The predicted molar refractivity (Wildman–Crippen MR) is 157 cm³/mol. The molecule has 6 nitrogen and oxygen atoms in total. The average Bonchev–Trinajstić information content (AvgIpc) is 3.65. The van der Waals surface area contributed by atoms with Crippen LogP contribution in [0, 0.1) is 5.82 Å². The molecule has 0 saturated carbocycles. The maximum Gasteiger partial charge on any atom is 0.213 e. The molecule has 0 radical (unpaired) electrons. The van der Waals surface area contributed by atoms with Crippen LogP contribution in [-0.4, -0.2) is 21.7 Å². The summed E-state index contributed by atoms with van der Waals surface area (Å²) in [6.07, 6.45) is 2.67. The highest BCUT2D eigenvalue weighted by molar-refractivity contribution is 6.13. The minimum Gasteiger partial charge on any atom is -0.455 e. The van der Waals surface area contributed by atoms with E-state index in [9.17, 15) is 14.0 Å². The number of halogens is 1. The molecule has 0 saturated heterocycles. The normalized spacial score (nSPS) is 12.5. The van der Waals surface area contributed by atoms with E-state index in [0.29, 0.717) is 45.7 Å². The van der Waals surface area contributed by atoms with Gasteiger partial charge in [-0.05, 0) is 71.5 Å². The van der Waals surface area contributed by atoms with Crippen LogP contribution >= 0.6 is 0 Å². The Balaban J connectivity index is 1.64. The van der Waals surface area contributed by atoms with Crippen LogP contribution in [-0.2, 0) is 5.41 Å². The molecule has 5 rings (SSSR count). The van der Waals surface area contributed by atoms with Gasteiger partial charge in [-0.25, -0.2) is 4.39 Å². The Bertz CT molecular complexity index is 1720. The first-order valence-corrected chi connectivity index (χ1v) is 13.9. The van der Waals surface area contributed by atoms with Crippen LogP contribution in [0.3, 0.4) is 0 Å². The Morgan fingerprint density at radius 2 is 1.73 bits per heavy atom. The van der Waals surface area contributed by atoms with E-state index in [2.05, 4.69) is 24.0 Å². The first-order valence-electron chi connectivity index (χ1n) is 13.9. The predicted octanol–water partition coefficient (Wildman–Crippen LogP) is 8.95. The second-order valence-corrected chi connectivity index (χ2v) is 11.2. The highest BCUT2D eigenvalue weighted by atomic mass is 19.1. The van der Waals surface area contributed by atoms with Crippen LogP contribution in [0.5, 0.6) is 0 Å². The van der Waals surface area contributed by atoms with Crippen LogP contribution < -0.4 is 0 Å². The van der Waals surface area contributed by atoms with E-state index < -0.39 is 5.41 Å².